The van der Waals surface area contributed by atoms with Crippen LogP contribution in [-0.4, -0.2) is 44.2 Å². The summed E-state index contributed by atoms with van der Waals surface area (Å²) < 4.78 is 8.23. The van der Waals surface area contributed by atoms with Crippen molar-refractivity contribution in [2.24, 2.45) is 0 Å². The molecule has 27 heavy (non-hydrogen) atoms. The summed E-state index contributed by atoms with van der Waals surface area (Å²) in [7, 11) is 4.47. The molecule has 0 unspecified atom stereocenters. The van der Waals surface area contributed by atoms with Crippen molar-refractivity contribution >= 4 is 28.5 Å². The van der Waals surface area contributed by atoms with E-state index in [0.717, 1.165) is 53.8 Å². The molecule has 0 aliphatic heterocycles. The number of nitrogens with zero attached hydrogens (tertiary/aromatic N) is 2. The molecule has 0 amide bonds. The lowest BCUT2D eigenvalue weighted by molar-refractivity contribution is -0.890. The number of rotatable bonds is 10. The van der Waals surface area contributed by atoms with Crippen LogP contribution in [0.15, 0.2) is 30.5 Å². The number of unbranched alkanes of at least 4 members (excludes halogenated alkanes) is 1. The number of fused-ring (bicyclic) bond motifs is 1. The summed E-state index contributed by atoms with van der Waals surface area (Å²) in [6, 6.07) is 8.26. The zero-order valence-electron chi connectivity index (χ0n) is 17.1. The Bertz CT molecular complexity index is 766. The normalized spacial score (nSPS) is 11.7. The molecule has 0 N–H and O–H groups in total. The summed E-state index contributed by atoms with van der Waals surface area (Å²) in [6.45, 7) is 7.51. The molecule has 0 radical (unpaired) electrons. The number of pyridine rings is 1. The van der Waals surface area contributed by atoms with Crippen molar-refractivity contribution in [3.63, 3.8) is 0 Å². The van der Waals surface area contributed by atoms with Crippen LogP contribution in [0.2, 0.25) is 5.02 Å². The van der Waals surface area contributed by atoms with Crippen molar-refractivity contribution in [1.29, 1.82) is 0 Å². The third kappa shape index (κ3) is 6.47. The summed E-state index contributed by atoms with van der Waals surface area (Å²) in [6.07, 6.45) is 5.82. The van der Waals surface area contributed by atoms with Gasteiger partial charge in [0.1, 0.15) is 6.54 Å². The second-order valence-electron chi connectivity index (χ2n) is 7.82. The molecule has 2 rings (SSSR count). The van der Waals surface area contributed by atoms with Gasteiger partial charge in [-0.15, -0.1) is 0 Å². The highest BCUT2D eigenvalue weighted by Gasteiger charge is 2.17. The fourth-order valence-electron chi connectivity index (χ4n) is 3.52. The Balaban J connectivity index is 1.83. The Kier molecular flexibility index (Phi) is 8.06. The molecule has 0 aliphatic carbocycles. The first-order valence-electron chi connectivity index (χ1n) is 9.89. The van der Waals surface area contributed by atoms with E-state index in [9.17, 15) is 4.79 Å². The van der Waals surface area contributed by atoms with E-state index in [-0.39, 0.29) is 5.97 Å². The van der Waals surface area contributed by atoms with E-state index in [4.69, 9.17) is 16.3 Å². The van der Waals surface area contributed by atoms with Crippen molar-refractivity contribution in [3.8, 4) is 0 Å². The summed E-state index contributed by atoms with van der Waals surface area (Å²) in [5.41, 5.74) is 2.41. The number of benzene rings is 1. The minimum atomic E-state index is -0.0844. The number of quaternary nitrogens is 1. The van der Waals surface area contributed by atoms with E-state index in [0.29, 0.717) is 13.0 Å². The maximum Gasteiger partial charge on any atom is 0.305 e. The van der Waals surface area contributed by atoms with E-state index >= 15 is 0 Å². The second-order valence-corrected chi connectivity index (χ2v) is 8.23. The van der Waals surface area contributed by atoms with Crippen LogP contribution in [0, 0.1) is 6.92 Å². The van der Waals surface area contributed by atoms with Crippen LogP contribution in [0.1, 0.15) is 38.2 Å². The molecule has 0 saturated heterocycles. The maximum absolute atomic E-state index is 11.5. The van der Waals surface area contributed by atoms with Crippen molar-refractivity contribution in [2.75, 3.05) is 33.8 Å². The third-order valence-corrected chi connectivity index (χ3v) is 5.38. The van der Waals surface area contributed by atoms with Gasteiger partial charge in [0, 0.05) is 31.4 Å². The molecule has 2 aromatic rings. The quantitative estimate of drug-likeness (QED) is 0.261. The first-order valence-corrected chi connectivity index (χ1v) is 10.3. The summed E-state index contributed by atoms with van der Waals surface area (Å²) in [5.74, 6) is -0.0844. The first-order chi connectivity index (χ1) is 12.8. The Labute approximate surface area is 168 Å². The standard InChI is InChI=1S/C22H33ClN2O2/c1-5-27-21(26)12-9-17-25(3,4)16-7-6-14-24-15-13-18(2)22-19(23)10-8-11-20(22)24/h8,10-11,13,15H,5-7,9,12,14,16-17H2,1-4H3/q+2. The van der Waals surface area contributed by atoms with Gasteiger partial charge in [-0.05, 0) is 25.5 Å². The summed E-state index contributed by atoms with van der Waals surface area (Å²) in [4.78, 5) is 11.5. The molecule has 1 aromatic heterocycles. The predicted molar refractivity (Wildman–Crippen MR) is 111 cm³/mol. The highest BCUT2D eigenvalue weighted by molar-refractivity contribution is 6.35. The number of esters is 1. The number of halogens is 1. The van der Waals surface area contributed by atoms with Crippen LogP contribution in [0.3, 0.4) is 0 Å². The molecule has 148 valence electrons. The predicted octanol–water partition coefficient (Wildman–Crippen LogP) is 4.29. The van der Waals surface area contributed by atoms with Crippen LogP contribution >= 0.6 is 11.6 Å². The van der Waals surface area contributed by atoms with Gasteiger partial charge in [-0.2, -0.15) is 4.57 Å². The van der Waals surface area contributed by atoms with Gasteiger partial charge in [-0.3, -0.25) is 4.79 Å². The van der Waals surface area contributed by atoms with Gasteiger partial charge in [0.15, 0.2) is 6.20 Å². The third-order valence-electron chi connectivity index (χ3n) is 5.06. The monoisotopic (exact) mass is 392 g/mol. The van der Waals surface area contributed by atoms with E-state index in [1.807, 2.05) is 19.1 Å². The largest absolute Gasteiger partial charge is 0.466 e. The molecule has 0 atom stereocenters. The highest BCUT2D eigenvalue weighted by Crippen LogP contribution is 2.24. The molecule has 1 heterocycles. The minimum Gasteiger partial charge on any atom is -0.466 e. The van der Waals surface area contributed by atoms with E-state index in [1.165, 1.54) is 11.1 Å². The number of hydrogen-bond donors (Lipinski definition) is 0. The van der Waals surface area contributed by atoms with Crippen molar-refractivity contribution in [3.05, 3.63) is 41.0 Å². The molecular formula is C22H33ClN2O2+2. The zero-order valence-corrected chi connectivity index (χ0v) is 17.9. The van der Waals surface area contributed by atoms with Gasteiger partial charge in [0.2, 0.25) is 5.52 Å². The lowest BCUT2D eigenvalue weighted by atomic mass is 10.1. The average molecular weight is 393 g/mol. The lowest BCUT2D eigenvalue weighted by Crippen LogP contribution is -2.42. The fraction of sp³-hybridized carbons (Fsp3) is 0.545. The van der Waals surface area contributed by atoms with Crippen molar-refractivity contribution in [1.82, 2.24) is 0 Å². The molecular weight excluding hydrogens is 360 g/mol. The lowest BCUT2D eigenvalue weighted by Gasteiger charge is -2.29. The summed E-state index contributed by atoms with van der Waals surface area (Å²) >= 11 is 6.40. The minimum absolute atomic E-state index is 0.0844. The Hall–Kier alpha value is -1.65. The Morgan fingerprint density at radius 2 is 1.89 bits per heavy atom. The van der Waals surface area contributed by atoms with Gasteiger partial charge in [0.25, 0.3) is 0 Å². The van der Waals surface area contributed by atoms with Crippen molar-refractivity contribution in [2.45, 2.75) is 46.1 Å². The second kappa shape index (κ2) is 10.0. The van der Waals surface area contributed by atoms with E-state index < -0.39 is 0 Å². The van der Waals surface area contributed by atoms with Gasteiger partial charge < -0.3 is 9.22 Å². The Morgan fingerprint density at radius 3 is 2.63 bits per heavy atom. The van der Waals surface area contributed by atoms with Crippen LogP contribution in [0.4, 0.5) is 0 Å². The zero-order chi connectivity index (χ0) is 19.9. The number of carbonyl (C=O) groups excluding carboxylic acids is 1. The van der Waals surface area contributed by atoms with Crippen LogP contribution < -0.4 is 4.57 Å². The molecule has 0 saturated carbocycles. The highest BCUT2D eigenvalue weighted by atomic mass is 35.5. The van der Waals surface area contributed by atoms with Crippen LogP contribution in [0.25, 0.3) is 10.9 Å². The Morgan fingerprint density at radius 1 is 1.15 bits per heavy atom. The molecule has 1 aromatic carbocycles. The molecule has 0 fully saturated rings. The molecule has 0 bridgehead atoms. The molecule has 0 spiro atoms. The smallest absolute Gasteiger partial charge is 0.305 e. The topological polar surface area (TPSA) is 30.2 Å². The SMILES string of the molecule is CCOC(=O)CCC[N+](C)(C)CCCC[n+]1ccc(C)c2c(Cl)cccc21. The molecule has 4 nitrogen and oxygen atoms in total. The van der Waals surface area contributed by atoms with E-state index in [1.54, 1.807) is 0 Å². The van der Waals surface area contributed by atoms with Crippen LogP contribution in [-0.2, 0) is 16.1 Å². The van der Waals surface area contributed by atoms with E-state index in [2.05, 4.69) is 43.9 Å². The number of hydrogen-bond acceptors (Lipinski definition) is 2. The molecule has 5 heteroatoms. The first kappa shape index (κ1) is 21.6. The number of aryl methyl sites for hydroxylation is 2. The van der Waals surface area contributed by atoms with Gasteiger partial charge in [-0.25, -0.2) is 0 Å². The fourth-order valence-corrected chi connectivity index (χ4v) is 3.84. The van der Waals surface area contributed by atoms with Gasteiger partial charge in [0.05, 0.1) is 50.6 Å². The average Bonchev–Trinajstić information content (AvgIpc) is 2.60. The van der Waals surface area contributed by atoms with Crippen LogP contribution in [0.5, 0.6) is 0 Å². The van der Waals surface area contributed by atoms with Gasteiger partial charge in [-0.1, -0.05) is 17.7 Å². The summed E-state index contributed by atoms with van der Waals surface area (Å²) in [5, 5.41) is 1.97. The van der Waals surface area contributed by atoms with Crippen molar-refractivity contribution < 1.29 is 18.6 Å². The maximum atomic E-state index is 11.5. The van der Waals surface area contributed by atoms with Gasteiger partial charge >= 0.3 is 5.97 Å². The molecule has 0 aliphatic rings. The number of ether oxygens (including phenoxy) is 1. The number of aromatic nitrogens is 1. The number of carbonyl (C=O) groups is 1.